The Hall–Kier alpha value is -6.19. The standard InChI is InChI=1S/C49H60N4O11/c1-6-7-8-30-9-12-32(13-10-30)33-14-16-34(17-15-33)48(62)52(4)39(27-54)47(61)50-29(3)40(55)21-22-44(59)53(5)45-35-18-20-42(57)37(26-35)36-24-31(11-19-41(36)56)25-38(49(63)64)51-46(60)28(2)23-43(45)58/h9-18,20,24,28-29,35,38-39,41,45,54,56-57H,6-8,19,21-23,25-27H2,1-5H3,(H,50,61)(H,51,60)(H,63,64)/t28-,29-,35+,38+,39-,41?,45+/m1/s1. The average Bonchev–Trinajstić information content (AvgIpc) is 3.28. The number of aryl methyl sites for hydroxylation is 1. The fourth-order valence-electron chi connectivity index (χ4n) is 8.33. The third-order valence-electron chi connectivity index (χ3n) is 12.4. The molecule has 4 amide bonds. The van der Waals surface area contributed by atoms with Crippen LogP contribution in [-0.2, 0) is 35.2 Å². The number of hydrogen-bond acceptors (Lipinski definition) is 10. The van der Waals surface area contributed by atoms with Gasteiger partial charge in [0.15, 0.2) is 11.6 Å². The number of nitrogens with zero attached hydrogens (tertiary/aromatic N) is 2. The average molecular weight is 881 g/mol. The Bertz CT molecular complexity index is 2230. The summed E-state index contributed by atoms with van der Waals surface area (Å²) in [5, 5.41) is 47.1. The van der Waals surface area contributed by atoms with Crippen LogP contribution in [0.5, 0.6) is 0 Å². The lowest BCUT2D eigenvalue weighted by Crippen LogP contribution is -2.53. The van der Waals surface area contributed by atoms with E-state index in [0.717, 1.165) is 35.3 Å². The van der Waals surface area contributed by atoms with Gasteiger partial charge in [-0.1, -0.05) is 74.9 Å². The highest BCUT2D eigenvalue weighted by atomic mass is 16.4. The number of carbonyl (C=O) groups is 7. The monoisotopic (exact) mass is 880 g/mol. The largest absolute Gasteiger partial charge is 0.508 e. The quantitative estimate of drug-likeness (QED) is 0.147. The van der Waals surface area contributed by atoms with E-state index in [1.807, 2.05) is 24.3 Å². The maximum atomic E-state index is 14.1. The lowest BCUT2D eigenvalue weighted by Gasteiger charge is -2.36. The number of nitrogens with one attached hydrogen (secondary N) is 2. The molecule has 0 spiro atoms. The Labute approximate surface area is 373 Å². The molecule has 0 aromatic heterocycles. The highest BCUT2D eigenvalue weighted by molar-refractivity contribution is 5.99. The normalized spacial score (nSPS) is 22.2. The summed E-state index contributed by atoms with van der Waals surface area (Å²) in [7, 11) is 2.78. The van der Waals surface area contributed by atoms with Crippen molar-refractivity contribution in [2.45, 2.75) is 109 Å². The minimum absolute atomic E-state index is 0.0272. The Balaban J connectivity index is 1.23. The Morgan fingerprint density at radius 1 is 0.938 bits per heavy atom. The number of fused-ring (bicyclic) bond motifs is 4. The Morgan fingerprint density at radius 3 is 2.22 bits per heavy atom. The second-order valence-electron chi connectivity index (χ2n) is 17.0. The van der Waals surface area contributed by atoms with E-state index >= 15 is 0 Å². The summed E-state index contributed by atoms with van der Waals surface area (Å²) in [6, 6.07) is 10.2. The molecule has 0 saturated heterocycles. The maximum Gasteiger partial charge on any atom is 0.326 e. The van der Waals surface area contributed by atoms with Gasteiger partial charge in [0, 0.05) is 62.8 Å². The third kappa shape index (κ3) is 11.9. The Morgan fingerprint density at radius 2 is 1.59 bits per heavy atom. The van der Waals surface area contributed by atoms with Crippen LogP contribution in [0.1, 0.15) is 88.1 Å². The fraction of sp³-hybridized carbons (Fsp3) is 0.449. The minimum atomic E-state index is -1.33. The van der Waals surface area contributed by atoms with E-state index in [4.69, 9.17) is 0 Å². The first-order valence-corrected chi connectivity index (χ1v) is 21.8. The molecule has 5 rings (SSSR count). The molecule has 342 valence electrons. The van der Waals surface area contributed by atoms with E-state index in [1.165, 1.54) is 44.5 Å². The Kier molecular flexibility index (Phi) is 16.7. The number of likely N-dealkylation sites (N-methyl/N-ethyl adjacent to an activating group) is 2. The molecule has 0 fully saturated rings. The third-order valence-corrected chi connectivity index (χ3v) is 12.4. The zero-order valence-electron chi connectivity index (χ0n) is 37.1. The lowest BCUT2D eigenvalue weighted by molar-refractivity contribution is -0.143. The van der Waals surface area contributed by atoms with E-state index in [2.05, 4.69) is 29.7 Å². The lowest BCUT2D eigenvalue weighted by atomic mass is 9.78. The smallest absolute Gasteiger partial charge is 0.326 e. The van der Waals surface area contributed by atoms with Gasteiger partial charge in [0.2, 0.25) is 17.7 Å². The van der Waals surface area contributed by atoms with E-state index in [9.17, 15) is 54.0 Å². The molecule has 2 aromatic rings. The first kappa shape index (κ1) is 48.8. The molecule has 7 atom stereocenters. The van der Waals surface area contributed by atoms with Crippen molar-refractivity contribution in [3.8, 4) is 11.1 Å². The number of aliphatic carboxylic acids is 1. The molecule has 1 unspecified atom stereocenters. The van der Waals surface area contributed by atoms with Gasteiger partial charge >= 0.3 is 5.97 Å². The first-order valence-electron chi connectivity index (χ1n) is 21.8. The number of benzene rings is 2. The number of amides is 4. The van der Waals surface area contributed by atoms with Gasteiger partial charge in [-0.3, -0.25) is 28.8 Å². The van der Waals surface area contributed by atoms with Gasteiger partial charge < -0.3 is 40.9 Å². The van der Waals surface area contributed by atoms with Crippen LogP contribution >= 0.6 is 0 Å². The van der Waals surface area contributed by atoms with Crippen LogP contribution < -0.4 is 10.6 Å². The predicted molar refractivity (Wildman–Crippen MR) is 239 cm³/mol. The van der Waals surface area contributed by atoms with Gasteiger partial charge in [-0.15, -0.1) is 0 Å². The van der Waals surface area contributed by atoms with Gasteiger partial charge in [-0.05, 0) is 78.7 Å². The molecule has 1 aliphatic heterocycles. The van der Waals surface area contributed by atoms with Crippen molar-refractivity contribution in [2.24, 2.45) is 11.8 Å². The molecule has 15 heteroatoms. The van der Waals surface area contributed by atoms with Gasteiger partial charge in [0.05, 0.1) is 24.8 Å². The zero-order chi connectivity index (χ0) is 46.8. The molecule has 2 aromatic carbocycles. The molecular formula is C49H60N4O11. The van der Waals surface area contributed by atoms with Crippen LogP contribution in [-0.4, -0.2) is 122 Å². The van der Waals surface area contributed by atoms with Gasteiger partial charge in [-0.25, -0.2) is 4.79 Å². The van der Waals surface area contributed by atoms with Crippen LogP contribution in [0.2, 0.25) is 0 Å². The first-order chi connectivity index (χ1) is 30.4. The van der Waals surface area contributed by atoms with Crippen molar-refractivity contribution < 1.29 is 54.0 Å². The zero-order valence-corrected chi connectivity index (χ0v) is 37.1. The van der Waals surface area contributed by atoms with E-state index in [0.29, 0.717) is 22.3 Å². The highest BCUT2D eigenvalue weighted by Gasteiger charge is 2.39. The summed E-state index contributed by atoms with van der Waals surface area (Å²) in [6.45, 7) is 4.32. The van der Waals surface area contributed by atoms with Crippen LogP contribution in [0.25, 0.3) is 11.1 Å². The number of rotatable bonds is 15. The number of carboxylic acid groups (broad SMARTS) is 1. The molecule has 64 heavy (non-hydrogen) atoms. The second kappa shape index (κ2) is 21.9. The number of ketones is 2. The SMILES string of the molecule is CCCCc1ccc(-c2ccc(C(=O)N(C)[C@H](CO)C(=O)N[C@H](C)C(=O)CCC(=O)N(C)[C@@H]3C(=O)C[C@@H](C)C(=O)N[C@H](C(=O)O)CC4=CCC(O)C(=C4)C4=C(O)C=C[C@H]3C4)cc2)cc1. The van der Waals surface area contributed by atoms with E-state index in [1.54, 1.807) is 30.4 Å². The molecule has 4 bridgehead atoms. The van der Waals surface area contributed by atoms with Crippen molar-refractivity contribution in [1.82, 2.24) is 20.4 Å². The summed E-state index contributed by atoms with van der Waals surface area (Å²) >= 11 is 0. The summed E-state index contributed by atoms with van der Waals surface area (Å²) in [5.74, 6) is -6.74. The summed E-state index contributed by atoms with van der Waals surface area (Å²) < 4.78 is 0. The number of Topliss-reactive ketones (excluding diaryl/α,β-unsaturated/α-hetero) is 2. The number of aliphatic hydroxyl groups is 3. The molecule has 3 aliphatic rings. The number of unbranched alkanes of at least 4 members (excludes halogenated alkanes) is 1. The topological polar surface area (TPSA) is 231 Å². The van der Waals surface area contributed by atoms with Crippen molar-refractivity contribution in [1.29, 1.82) is 0 Å². The number of carboxylic acids is 1. The number of carbonyl (C=O) groups excluding carboxylic acids is 6. The maximum absolute atomic E-state index is 14.1. The molecule has 15 nitrogen and oxygen atoms in total. The predicted octanol–water partition coefficient (Wildman–Crippen LogP) is 4.38. The molecule has 2 aliphatic carbocycles. The summed E-state index contributed by atoms with van der Waals surface area (Å²) in [4.78, 5) is 95.7. The van der Waals surface area contributed by atoms with Gasteiger partial charge in [-0.2, -0.15) is 0 Å². The van der Waals surface area contributed by atoms with Crippen LogP contribution in [0.3, 0.4) is 0 Å². The molecule has 0 radical (unpaired) electrons. The van der Waals surface area contributed by atoms with Crippen molar-refractivity contribution in [3.05, 3.63) is 106 Å². The summed E-state index contributed by atoms with van der Waals surface area (Å²) in [5.41, 5.74) is 4.64. The van der Waals surface area contributed by atoms with Crippen molar-refractivity contribution in [3.63, 3.8) is 0 Å². The van der Waals surface area contributed by atoms with Gasteiger partial charge in [0.1, 0.15) is 17.8 Å². The highest BCUT2D eigenvalue weighted by Crippen LogP contribution is 2.37. The molecular weight excluding hydrogens is 821 g/mol. The van der Waals surface area contributed by atoms with Crippen molar-refractivity contribution in [2.75, 3.05) is 20.7 Å². The number of allylic oxidation sites excluding steroid dienone is 2. The summed E-state index contributed by atoms with van der Waals surface area (Å²) in [6.07, 6.45) is 7.41. The van der Waals surface area contributed by atoms with Crippen molar-refractivity contribution >= 4 is 41.2 Å². The number of aliphatic hydroxyl groups excluding tert-OH is 3. The second-order valence-corrected chi connectivity index (χ2v) is 17.0. The molecule has 0 saturated carbocycles. The minimum Gasteiger partial charge on any atom is -0.508 e. The van der Waals surface area contributed by atoms with E-state index in [-0.39, 0.29) is 44.3 Å². The fourth-order valence-corrected chi connectivity index (χ4v) is 8.33. The molecule has 1 heterocycles. The van der Waals surface area contributed by atoms with E-state index < -0.39 is 89.9 Å². The van der Waals surface area contributed by atoms with Crippen LogP contribution in [0, 0.1) is 11.8 Å². The van der Waals surface area contributed by atoms with Gasteiger partial charge in [0.25, 0.3) is 5.91 Å². The van der Waals surface area contributed by atoms with Crippen LogP contribution in [0.15, 0.2) is 95.3 Å². The molecule has 6 N–H and O–H groups in total. The number of hydrogen-bond donors (Lipinski definition) is 6. The van der Waals surface area contributed by atoms with Crippen LogP contribution in [0.4, 0.5) is 0 Å².